The van der Waals surface area contributed by atoms with Gasteiger partial charge in [-0.15, -0.1) is 0 Å². The van der Waals surface area contributed by atoms with E-state index in [0.29, 0.717) is 30.3 Å². The molecule has 0 spiro atoms. The van der Waals surface area contributed by atoms with E-state index in [1.54, 1.807) is 0 Å². The van der Waals surface area contributed by atoms with Crippen LogP contribution in [0.4, 0.5) is 0 Å². The second-order valence-electron chi connectivity index (χ2n) is 8.61. The lowest BCUT2D eigenvalue weighted by Gasteiger charge is -2.36. The zero-order chi connectivity index (χ0) is 22.3. The van der Waals surface area contributed by atoms with Crippen molar-refractivity contribution in [2.75, 3.05) is 32.8 Å². The number of amides is 1. The topological polar surface area (TPSA) is 59.4 Å². The largest absolute Gasteiger partial charge is 0.379 e. The van der Waals surface area contributed by atoms with Crippen molar-refractivity contribution in [1.29, 1.82) is 0 Å². The normalized spacial score (nSPS) is 15.6. The van der Waals surface area contributed by atoms with Gasteiger partial charge in [-0.25, -0.2) is 0 Å². The van der Waals surface area contributed by atoms with Crippen LogP contribution in [0.15, 0.2) is 66.9 Å². The van der Waals surface area contributed by atoms with Gasteiger partial charge in [0.1, 0.15) is 5.69 Å². The SMILES string of the molecule is CC(C)C(CNC(=O)c1cn(Cc2ccccc2)nc1-c1ccccc1)N1CCOCC1. The van der Waals surface area contributed by atoms with E-state index in [1.807, 2.05) is 59.4 Å². The Balaban J connectivity index is 1.54. The van der Waals surface area contributed by atoms with E-state index in [0.717, 1.165) is 37.4 Å². The molecule has 6 heteroatoms. The highest BCUT2D eigenvalue weighted by Crippen LogP contribution is 2.23. The molecule has 1 aliphatic rings. The molecule has 0 saturated carbocycles. The van der Waals surface area contributed by atoms with Crippen LogP contribution in [-0.4, -0.2) is 59.5 Å². The first-order valence-corrected chi connectivity index (χ1v) is 11.4. The zero-order valence-electron chi connectivity index (χ0n) is 18.9. The lowest BCUT2D eigenvalue weighted by Crippen LogP contribution is -2.51. The van der Waals surface area contributed by atoms with E-state index < -0.39 is 0 Å². The van der Waals surface area contributed by atoms with Gasteiger partial charge in [-0.1, -0.05) is 74.5 Å². The van der Waals surface area contributed by atoms with Gasteiger partial charge in [-0.3, -0.25) is 14.4 Å². The van der Waals surface area contributed by atoms with Crippen molar-refractivity contribution in [3.05, 3.63) is 78.0 Å². The number of aromatic nitrogens is 2. The molecule has 2 aromatic carbocycles. The van der Waals surface area contributed by atoms with Gasteiger partial charge in [0.05, 0.1) is 25.3 Å². The fourth-order valence-electron chi connectivity index (χ4n) is 4.24. The summed E-state index contributed by atoms with van der Waals surface area (Å²) in [5, 5.41) is 7.97. The molecule has 1 aliphatic heterocycles. The maximum Gasteiger partial charge on any atom is 0.255 e. The van der Waals surface area contributed by atoms with E-state index >= 15 is 0 Å². The second kappa shape index (κ2) is 10.6. The van der Waals surface area contributed by atoms with Crippen molar-refractivity contribution in [3.63, 3.8) is 0 Å². The van der Waals surface area contributed by atoms with Gasteiger partial charge in [0, 0.05) is 37.4 Å². The first-order chi connectivity index (χ1) is 15.6. The van der Waals surface area contributed by atoms with Crippen molar-refractivity contribution in [1.82, 2.24) is 20.0 Å². The fourth-order valence-corrected chi connectivity index (χ4v) is 4.24. The van der Waals surface area contributed by atoms with Crippen LogP contribution in [0.5, 0.6) is 0 Å². The lowest BCUT2D eigenvalue weighted by molar-refractivity contribution is 0.00673. The van der Waals surface area contributed by atoms with E-state index in [1.165, 1.54) is 0 Å². The zero-order valence-corrected chi connectivity index (χ0v) is 18.9. The third kappa shape index (κ3) is 5.44. The van der Waals surface area contributed by atoms with Crippen LogP contribution in [0.2, 0.25) is 0 Å². The number of benzene rings is 2. The molecule has 4 rings (SSSR count). The highest BCUT2D eigenvalue weighted by Gasteiger charge is 2.25. The Morgan fingerprint density at radius 1 is 1.03 bits per heavy atom. The Hall–Kier alpha value is -2.96. The molecule has 168 valence electrons. The van der Waals surface area contributed by atoms with Gasteiger partial charge in [-0.2, -0.15) is 5.10 Å². The van der Waals surface area contributed by atoms with Crippen LogP contribution in [0, 0.1) is 5.92 Å². The quantitative estimate of drug-likeness (QED) is 0.590. The van der Waals surface area contributed by atoms with E-state index in [4.69, 9.17) is 9.84 Å². The number of nitrogens with one attached hydrogen (secondary N) is 1. The first kappa shape index (κ1) is 22.2. The summed E-state index contributed by atoms with van der Waals surface area (Å²) in [7, 11) is 0. The van der Waals surface area contributed by atoms with Gasteiger partial charge in [0.2, 0.25) is 0 Å². The second-order valence-corrected chi connectivity index (χ2v) is 8.61. The highest BCUT2D eigenvalue weighted by atomic mass is 16.5. The van der Waals surface area contributed by atoms with E-state index in [9.17, 15) is 4.79 Å². The van der Waals surface area contributed by atoms with Gasteiger partial charge in [0.15, 0.2) is 0 Å². The number of nitrogens with zero attached hydrogens (tertiary/aromatic N) is 3. The number of carbonyl (C=O) groups is 1. The molecular formula is C26H32N4O2. The predicted octanol–water partition coefficient (Wildman–Crippen LogP) is 3.69. The summed E-state index contributed by atoms with van der Waals surface area (Å²) in [6, 6.07) is 20.4. The Kier molecular flexibility index (Phi) is 7.35. The average molecular weight is 433 g/mol. The summed E-state index contributed by atoms with van der Waals surface area (Å²) in [6.07, 6.45) is 1.86. The molecule has 0 radical (unpaired) electrons. The maximum absolute atomic E-state index is 13.3. The third-order valence-electron chi connectivity index (χ3n) is 6.00. The van der Waals surface area contributed by atoms with Crippen molar-refractivity contribution >= 4 is 5.91 Å². The van der Waals surface area contributed by atoms with Gasteiger partial charge in [-0.05, 0) is 11.5 Å². The molecule has 2 heterocycles. The molecular weight excluding hydrogens is 400 g/mol. The summed E-state index contributed by atoms with van der Waals surface area (Å²) in [5.41, 5.74) is 3.41. The molecule has 32 heavy (non-hydrogen) atoms. The van der Waals surface area contributed by atoms with Gasteiger partial charge < -0.3 is 10.1 Å². The Bertz CT molecular complexity index is 995. The summed E-state index contributed by atoms with van der Waals surface area (Å²) >= 11 is 0. The minimum Gasteiger partial charge on any atom is -0.379 e. The van der Waals surface area contributed by atoms with Crippen molar-refractivity contribution in [2.24, 2.45) is 5.92 Å². The number of carbonyl (C=O) groups excluding carboxylic acids is 1. The molecule has 1 N–H and O–H groups in total. The molecule has 1 aromatic heterocycles. The number of morpholine rings is 1. The van der Waals surface area contributed by atoms with Crippen LogP contribution < -0.4 is 5.32 Å². The standard InChI is InChI=1S/C26H32N4O2/c1-20(2)24(29-13-15-32-16-14-29)17-27-26(31)23-19-30(18-21-9-5-3-6-10-21)28-25(23)22-11-7-4-8-12-22/h3-12,19-20,24H,13-18H2,1-2H3,(H,27,31). The molecule has 6 nitrogen and oxygen atoms in total. The number of ether oxygens (including phenoxy) is 1. The van der Waals surface area contributed by atoms with Crippen LogP contribution in [0.25, 0.3) is 11.3 Å². The van der Waals surface area contributed by atoms with Crippen molar-refractivity contribution in [3.8, 4) is 11.3 Å². The highest BCUT2D eigenvalue weighted by molar-refractivity contribution is 5.99. The minimum absolute atomic E-state index is 0.0814. The van der Waals surface area contributed by atoms with E-state index in [-0.39, 0.29) is 11.9 Å². The Morgan fingerprint density at radius 2 is 1.69 bits per heavy atom. The molecule has 1 unspecified atom stereocenters. The molecule has 3 aromatic rings. The molecule has 0 aliphatic carbocycles. The van der Waals surface area contributed by atoms with Crippen LogP contribution in [0.3, 0.4) is 0 Å². The summed E-state index contributed by atoms with van der Waals surface area (Å²) in [4.78, 5) is 15.7. The monoisotopic (exact) mass is 432 g/mol. The Morgan fingerprint density at radius 3 is 2.34 bits per heavy atom. The fraction of sp³-hybridized carbons (Fsp3) is 0.385. The molecule has 0 bridgehead atoms. The molecule has 1 amide bonds. The average Bonchev–Trinajstić information content (AvgIpc) is 3.25. The lowest BCUT2D eigenvalue weighted by atomic mass is 10.0. The van der Waals surface area contributed by atoms with Crippen molar-refractivity contribution < 1.29 is 9.53 Å². The summed E-state index contributed by atoms with van der Waals surface area (Å²) in [5.74, 6) is 0.352. The maximum atomic E-state index is 13.3. The third-order valence-corrected chi connectivity index (χ3v) is 6.00. The minimum atomic E-state index is -0.0814. The van der Waals surface area contributed by atoms with Crippen LogP contribution >= 0.6 is 0 Å². The Labute approximate surface area is 190 Å². The van der Waals surface area contributed by atoms with Gasteiger partial charge in [0.25, 0.3) is 5.91 Å². The van der Waals surface area contributed by atoms with Crippen LogP contribution in [-0.2, 0) is 11.3 Å². The van der Waals surface area contributed by atoms with Gasteiger partial charge >= 0.3 is 0 Å². The first-order valence-electron chi connectivity index (χ1n) is 11.4. The molecule has 1 saturated heterocycles. The number of hydrogen-bond donors (Lipinski definition) is 1. The number of hydrogen-bond acceptors (Lipinski definition) is 4. The summed E-state index contributed by atoms with van der Waals surface area (Å²) in [6.45, 7) is 8.96. The molecule has 1 atom stereocenters. The number of rotatable bonds is 8. The van der Waals surface area contributed by atoms with Crippen molar-refractivity contribution in [2.45, 2.75) is 26.4 Å². The summed E-state index contributed by atoms with van der Waals surface area (Å²) < 4.78 is 7.36. The van der Waals surface area contributed by atoms with E-state index in [2.05, 4.69) is 36.2 Å². The smallest absolute Gasteiger partial charge is 0.255 e. The predicted molar refractivity (Wildman–Crippen MR) is 127 cm³/mol. The van der Waals surface area contributed by atoms with Crippen LogP contribution in [0.1, 0.15) is 29.8 Å². The molecule has 1 fully saturated rings.